The van der Waals surface area contributed by atoms with Crippen LogP contribution in [0.4, 0.5) is 0 Å². The van der Waals surface area contributed by atoms with Gasteiger partial charge in [-0.3, -0.25) is 4.68 Å². The van der Waals surface area contributed by atoms with E-state index in [4.69, 9.17) is 4.42 Å². The summed E-state index contributed by atoms with van der Waals surface area (Å²) < 4.78 is 7.36. The number of hydrogen-bond acceptors (Lipinski definition) is 3. The summed E-state index contributed by atoms with van der Waals surface area (Å²) in [5, 5.41) is 7.76. The third kappa shape index (κ3) is 2.02. The zero-order valence-corrected chi connectivity index (χ0v) is 9.90. The lowest BCUT2D eigenvalue weighted by Gasteiger charge is -2.15. The van der Waals surface area contributed by atoms with Crippen molar-refractivity contribution in [1.29, 1.82) is 0 Å². The molecule has 0 radical (unpaired) electrons. The Kier molecular flexibility index (Phi) is 3.10. The standard InChI is InChI=1S/C12H17N3O/c1-4-13-12(11-6-5-7-16-11)10-8-9(2)14-15(10)3/h5-8,12-13H,4H2,1-3H3. The highest BCUT2D eigenvalue weighted by Crippen LogP contribution is 2.22. The molecule has 0 bridgehead atoms. The fourth-order valence-corrected chi connectivity index (χ4v) is 1.91. The molecule has 86 valence electrons. The van der Waals surface area contributed by atoms with Crippen molar-refractivity contribution in [3.8, 4) is 0 Å². The second-order valence-electron chi connectivity index (χ2n) is 3.84. The Balaban J connectivity index is 2.36. The van der Waals surface area contributed by atoms with Crippen LogP contribution in [-0.4, -0.2) is 16.3 Å². The van der Waals surface area contributed by atoms with E-state index in [0.29, 0.717) is 0 Å². The molecule has 0 aliphatic heterocycles. The summed E-state index contributed by atoms with van der Waals surface area (Å²) in [6, 6.07) is 6.04. The van der Waals surface area contributed by atoms with Gasteiger partial charge in [-0.05, 0) is 31.7 Å². The average molecular weight is 219 g/mol. The molecule has 4 nitrogen and oxygen atoms in total. The SMILES string of the molecule is CCNC(c1ccco1)c1cc(C)nn1C. The van der Waals surface area contributed by atoms with Crippen LogP contribution in [0.5, 0.6) is 0 Å². The number of nitrogens with one attached hydrogen (secondary N) is 1. The first-order chi connectivity index (χ1) is 7.72. The fraction of sp³-hybridized carbons (Fsp3) is 0.417. The van der Waals surface area contributed by atoms with Crippen molar-refractivity contribution in [2.75, 3.05) is 6.54 Å². The van der Waals surface area contributed by atoms with Gasteiger partial charge in [-0.15, -0.1) is 0 Å². The van der Waals surface area contributed by atoms with Crippen LogP contribution in [0.15, 0.2) is 28.9 Å². The lowest BCUT2D eigenvalue weighted by molar-refractivity contribution is 0.438. The van der Waals surface area contributed by atoms with Gasteiger partial charge in [-0.2, -0.15) is 5.10 Å². The van der Waals surface area contributed by atoms with Crippen molar-refractivity contribution in [3.05, 3.63) is 41.6 Å². The van der Waals surface area contributed by atoms with Crippen molar-refractivity contribution in [3.63, 3.8) is 0 Å². The minimum absolute atomic E-state index is 0.0752. The number of rotatable bonds is 4. The van der Waals surface area contributed by atoms with E-state index in [0.717, 1.165) is 23.7 Å². The lowest BCUT2D eigenvalue weighted by Crippen LogP contribution is -2.23. The lowest BCUT2D eigenvalue weighted by atomic mass is 10.1. The zero-order valence-electron chi connectivity index (χ0n) is 9.90. The van der Waals surface area contributed by atoms with Crippen LogP contribution in [0.2, 0.25) is 0 Å². The molecule has 1 unspecified atom stereocenters. The van der Waals surface area contributed by atoms with Crippen LogP contribution in [0.1, 0.15) is 30.1 Å². The molecule has 2 aromatic heterocycles. The van der Waals surface area contributed by atoms with E-state index < -0.39 is 0 Å². The Hall–Kier alpha value is -1.55. The molecule has 0 spiro atoms. The van der Waals surface area contributed by atoms with Crippen molar-refractivity contribution in [2.45, 2.75) is 19.9 Å². The Morgan fingerprint density at radius 3 is 2.88 bits per heavy atom. The molecule has 1 atom stereocenters. The Bertz CT molecular complexity index is 445. The smallest absolute Gasteiger partial charge is 0.126 e. The summed E-state index contributed by atoms with van der Waals surface area (Å²) in [4.78, 5) is 0. The molecule has 2 rings (SSSR count). The molecule has 2 aromatic rings. The van der Waals surface area contributed by atoms with Gasteiger partial charge in [0.15, 0.2) is 0 Å². The monoisotopic (exact) mass is 219 g/mol. The average Bonchev–Trinajstić information content (AvgIpc) is 2.85. The van der Waals surface area contributed by atoms with Gasteiger partial charge in [-0.1, -0.05) is 6.92 Å². The number of furan rings is 1. The van der Waals surface area contributed by atoms with Crippen LogP contribution in [0, 0.1) is 6.92 Å². The van der Waals surface area contributed by atoms with Crippen molar-refractivity contribution < 1.29 is 4.42 Å². The molecule has 4 heteroatoms. The minimum Gasteiger partial charge on any atom is -0.467 e. The molecule has 0 aromatic carbocycles. The van der Waals surface area contributed by atoms with E-state index in [1.165, 1.54) is 0 Å². The van der Waals surface area contributed by atoms with E-state index in [1.54, 1.807) is 6.26 Å². The first-order valence-electron chi connectivity index (χ1n) is 5.49. The maximum absolute atomic E-state index is 5.46. The highest BCUT2D eigenvalue weighted by molar-refractivity contribution is 5.22. The third-order valence-electron chi connectivity index (χ3n) is 2.57. The summed E-state index contributed by atoms with van der Waals surface area (Å²) >= 11 is 0. The highest BCUT2D eigenvalue weighted by atomic mass is 16.3. The van der Waals surface area contributed by atoms with Gasteiger partial charge >= 0.3 is 0 Å². The third-order valence-corrected chi connectivity index (χ3v) is 2.57. The molecule has 16 heavy (non-hydrogen) atoms. The molecule has 0 aliphatic rings. The molecule has 0 amide bonds. The summed E-state index contributed by atoms with van der Waals surface area (Å²) in [5.74, 6) is 0.921. The molecule has 0 saturated carbocycles. The number of aromatic nitrogens is 2. The highest BCUT2D eigenvalue weighted by Gasteiger charge is 2.19. The predicted molar refractivity (Wildman–Crippen MR) is 62.2 cm³/mol. The Morgan fingerprint density at radius 2 is 2.38 bits per heavy atom. The normalized spacial score (nSPS) is 12.9. The Labute approximate surface area is 95.3 Å². The van der Waals surface area contributed by atoms with Gasteiger partial charge in [0.25, 0.3) is 0 Å². The first-order valence-corrected chi connectivity index (χ1v) is 5.49. The van der Waals surface area contributed by atoms with E-state index >= 15 is 0 Å². The molecule has 0 aliphatic carbocycles. The summed E-state index contributed by atoms with van der Waals surface area (Å²) in [6.07, 6.45) is 1.70. The first kappa shape index (κ1) is 11.0. The maximum Gasteiger partial charge on any atom is 0.126 e. The molecule has 1 N–H and O–H groups in total. The van der Waals surface area contributed by atoms with E-state index in [9.17, 15) is 0 Å². The van der Waals surface area contributed by atoms with E-state index in [-0.39, 0.29) is 6.04 Å². The second kappa shape index (κ2) is 4.53. The number of aryl methyl sites for hydroxylation is 2. The summed E-state index contributed by atoms with van der Waals surface area (Å²) in [5.41, 5.74) is 2.14. The van der Waals surface area contributed by atoms with Crippen LogP contribution < -0.4 is 5.32 Å². The van der Waals surface area contributed by atoms with Gasteiger partial charge in [0, 0.05) is 7.05 Å². The topological polar surface area (TPSA) is 43.0 Å². The fourth-order valence-electron chi connectivity index (χ4n) is 1.91. The number of nitrogens with zero attached hydrogens (tertiary/aromatic N) is 2. The maximum atomic E-state index is 5.46. The number of hydrogen-bond donors (Lipinski definition) is 1. The quantitative estimate of drug-likeness (QED) is 0.855. The van der Waals surface area contributed by atoms with E-state index in [1.807, 2.05) is 30.8 Å². The summed E-state index contributed by atoms with van der Waals surface area (Å²) in [6.45, 7) is 4.96. The van der Waals surface area contributed by atoms with Crippen LogP contribution in [-0.2, 0) is 7.05 Å². The molecular formula is C12H17N3O. The minimum atomic E-state index is 0.0752. The molecule has 0 fully saturated rings. The van der Waals surface area contributed by atoms with Gasteiger partial charge in [-0.25, -0.2) is 0 Å². The van der Waals surface area contributed by atoms with E-state index in [2.05, 4.69) is 23.4 Å². The largest absolute Gasteiger partial charge is 0.467 e. The summed E-state index contributed by atoms with van der Waals surface area (Å²) in [7, 11) is 1.95. The zero-order chi connectivity index (χ0) is 11.5. The van der Waals surface area contributed by atoms with Gasteiger partial charge < -0.3 is 9.73 Å². The van der Waals surface area contributed by atoms with Crippen molar-refractivity contribution >= 4 is 0 Å². The van der Waals surface area contributed by atoms with Crippen molar-refractivity contribution in [2.24, 2.45) is 7.05 Å². The van der Waals surface area contributed by atoms with Gasteiger partial charge in [0.05, 0.1) is 17.7 Å². The van der Waals surface area contributed by atoms with Crippen LogP contribution in [0.3, 0.4) is 0 Å². The molecule has 2 heterocycles. The van der Waals surface area contributed by atoms with Crippen LogP contribution >= 0.6 is 0 Å². The van der Waals surface area contributed by atoms with Crippen molar-refractivity contribution in [1.82, 2.24) is 15.1 Å². The van der Waals surface area contributed by atoms with Gasteiger partial charge in [0.2, 0.25) is 0 Å². The van der Waals surface area contributed by atoms with Gasteiger partial charge in [0.1, 0.15) is 11.8 Å². The molecule has 0 saturated heterocycles. The second-order valence-corrected chi connectivity index (χ2v) is 3.84. The predicted octanol–water partition coefficient (Wildman–Crippen LogP) is 2.02. The Morgan fingerprint density at radius 1 is 1.56 bits per heavy atom. The molecular weight excluding hydrogens is 202 g/mol. The van der Waals surface area contributed by atoms with Crippen LogP contribution in [0.25, 0.3) is 0 Å².